The SMILES string of the molecule is CSCCC(NC(N)=O)C(=O)NC(C)c1cccc(Br)c1. The molecule has 0 fully saturated rings. The minimum atomic E-state index is -0.689. The van der Waals surface area contributed by atoms with Gasteiger partial charge in [0.05, 0.1) is 6.04 Å². The number of rotatable bonds is 7. The third-order valence-electron chi connectivity index (χ3n) is 2.95. The number of hydrogen-bond acceptors (Lipinski definition) is 3. The van der Waals surface area contributed by atoms with Gasteiger partial charge in [-0.2, -0.15) is 11.8 Å². The zero-order valence-electron chi connectivity index (χ0n) is 12.1. The Morgan fingerprint density at radius 3 is 2.67 bits per heavy atom. The smallest absolute Gasteiger partial charge is 0.312 e. The van der Waals surface area contributed by atoms with Gasteiger partial charge in [-0.15, -0.1) is 0 Å². The molecule has 2 unspecified atom stereocenters. The highest BCUT2D eigenvalue weighted by Crippen LogP contribution is 2.18. The molecule has 7 heteroatoms. The van der Waals surface area contributed by atoms with E-state index in [-0.39, 0.29) is 11.9 Å². The first-order valence-electron chi connectivity index (χ1n) is 6.54. The monoisotopic (exact) mass is 373 g/mol. The molecule has 21 heavy (non-hydrogen) atoms. The van der Waals surface area contributed by atoms with Gasteiger partial charge >= 0.3 is 6.03 Å². The predicted molar refractivity (Wildman–Crippen MR) is 90.2 cm³/mol. The van der Waals surface area contributed by atoms with Crippen LogP contribution >= 0.6 is 27.7 Å². The third kappa shape index (κ3) is 6.39. The minimum absolute atomic E-state index is 0.151. The van der Waals surface area contributed by atoms with Crippen molar-refractivity contribution in [3.05, 3.63) is 34.3 Å². The summed E-state index contributed by atoms with van der Waals surface area (Å²) >= 11 is 5.02. The van der Waals surface area contributed by atoms with E-state index in [0.29, 0.717) is 6.42 Å². The van der Waals surface area contributed by atoms with E-state index in [4.69, 9.17) is 5.73 Å². The second-order valence-corrected chi connectivity index (χ2v) is 6.53. The number of hydrogen-bond donors (Lipinski definition) is 3. The fourth-order valence-corrected chi connectivity index (χ4v) is 2.74. The highest BCUT2D eigenvalue weighted by molar-refractivity contribution is 9.10. The van der Waals surface area contributed by atoms with Crippen LogP contribution in [0.15, 0.2) is 28.7 Å². The molecule has 2 atom stereocenters. The fourth-order valence-electron chi connectivity index (χ4n) is 1.85. The molecule has 1 aromatic carbocycles. The van der Waals surface area contributed by atoms with Crippen LogP contribution in [0.1, 0.15) is 24.9 Å². The van der Waals surface area contributed by atoms with Crippen LogP contribution in [-0.4, -0.2) is 30.0 Å². The number of amides is 3. The van der Waals surface area contributed by atoms with E-state index in [1.807, 2.05) is 37.4 Å². The highest BCUT2D eigenvalue weighted by atomic mass is 79.9. The Morgan fingerprint density at radius 1 is 1.38 bits per heavy atom. The van der Waals surface area contributed by atoms with Gasteiger partial charge in [0, 0.05) is 4.47 Å². The first-order valence-corrected chi connectivity index (χ1v) is 8.73. The van der Waals surface area contributed by atoms with Crippen molar-refractivity contribution in [2.45, 2.75) is 25.4 Å². The van der Waals surface area contributed by atoms with Crippen molar-refractivity contribution < 1.29 is 9.59 Å². The lowest BCUT2D eigenvalue weighted by Gasteiger charge is -2.21. The Morgan fingerprint density at radius 2 is 2.10 bits per heavy atom. The van der Waals surface area contributed by atoms with Crippen LogP contribution in [0.25, 0.3) is 0 Å². The summed E-state index contributed by atoms with van der Waals surface area (Å²) in [4.78, 5) is 23.2. The number of nitrogens with two attached hydrogens (primary N) is 1. The van der Waals surface area contributed by atoms with Gasteiger partial charge in [-0.05, 0) is 43.0 Å². The summed E-state index contributed by atoms with van der Waals surface area (Å²) in [5.41, 5.74) is 6.11. The van der Waals surface area contributed by atoms with Gasteiger partial charge in [-0.1, -0.05) is 28.1 Å². The van der Waals surface area contributed by atoms with Crippen molar-refractivity contribution in [2.75, 3.05) is 12.0 Å². The number of nitrogens with one attached hydrogen (secondary N) is 2. The molecule has 0 heterocycles. The molecule has 5 nitrogen and oxygen atoms in total. The number of urea groups is 1. The molecule has 0 bridgehead atoms. The summed E-state index contributed by atoms with van der Waals surface area (Å²) in [5.74, 6) is 0.541. The van der Waals surface area contributed by atoms with Crippen LogP contribution < -0.4 is 16.4 Å². The standard InChI is InChI=1S/C14H20BrN3O2S/c1-9(10-4-3-5-11(15)8-10)17-13(19)12(6-7-21-2)18-14(16)20/h3-5,8-9,12H,6-7H2,1-2H3,(H,17,19)(H3,16,18,20). The van der Waals surface area contributed by atoms with E-state index < -0.39 is 12.1 Å². The van der Waals surface area contributed by atoms with Crippen molar-refractivity contribution >= 4 is 39.6 Å². The Balaban J connectivity index is 2.68. The highest BCUT2D eigenvalue weighted by Gasteiger charge is 2.21. The van der Waals surface area contributed by atoms with Crippen LogP contribution in [0, 0.1) is 0 Å². The molecule has 0 saturated heterocycles. The summed E-state index contributed by atoms with van der Waals surface area (Å²) in [6.07, 6.45) is 2.49. The van der Waals surface area contributed by atoms with Crippen molar-refractivity contribution in [3.63, 3.8) is 0 Å². The Bertz CT molecular complexity index is 499. The molecule has 0 aromatic heterocycles. The van der Waals surface area contributed by atoms with Gasteiger partial charge in [0.25, 0.3) is 0 Å². The summed E-state index contributed by atoms with van der Waals surface area (Å²) in [6.45, 7) is 1.90. The fraction of sp³-hybridized carbons (Fsp3) is 0.429. The summed E-state index contributed by atoms with van der Waals surface area (Å²) in [5, 5.41) is 5.39. The second kappa shape index (κ2) is 8.94. The third-order valence-corrected chi connectivity index (χ3v) is 4.09. The molecule has 1 rings (SSSR count). The lowest BCUT2D eigenvalue weighted by molar-refractivity contribution is -0.123. The topological polar surface area (TPSA) is 84.2 Å². The van der Waals surface area contributed by atoms with Crippen LogP contribution in [0.2, 0.25) is 0 Å². The zero-order valence-corrected chi connectivity index (χ0v) is 14.5. The Kier molecular flexibility index (Phi) is 7.60. The van der Waals surface area contributed by atoms with Crippen LogP contribution in [0.3, 0.4) is 0 Å². The van der Waals surface area contributed by atoms with E-state index in [2.05, 4.69) is 26.6 Å². The lowest BCUT2D eigenvalue weighted by Crippen LogP contribution is -2.49. The van der Waals surface area contributed by atoms with Crippen LogP contribution in [-0.2, 0) is 4.79 Å². The largest absolute Gasteiger partial charge is 0.352 e. The summed E-state index contributed by atoms with van der Waals surface area (Å²) in [6, 6.07) is 6.28. The summed E-state index contributed by atoms with van der Waals surface area (Å²) in [7, 11) is 0. The maximum atomic E-state index is 12.3. The zero-order chi connectivity index (χ0) is 15.8. The van der Waals surface area contributed by atoms with Gasteiger partial charge in [0.15, 0.2) is 0 Å². The van der Waals surface area contributed by atoms with Gasteiger partial charge in [-0.25, -0.2) is 4.79 Å². The molecule has 4 N–H and O–H groups in total. The molecular weight excluding hydrogens is 354 g/mol. The van der Waals surface area contributed by atoms with Crippen LogP contribution in [0.4, 0.5) is 4.79 Å². The number of primary amides is 1. The van der Waals surface area contributed by atoms with E-state index in [1.54, 1.807) is 11.8 Å². The van der Waals surface area contributed by atoms with Crippen molar-refractivity contribution in [1.29, 1.82) is 0 Å². The van der Waals surface area contributed by atoms with E-state index >= 15 is 0 Å². The molecule has 0 saturated carbocycles. The minimum Gasteiger partial charge on any atom is -0.352 e. The maximum absolute atomic E-state index is 12.3. The molecule has 0 radical (unpaired) electrons. The van der Waals surface area contributed by atoms with Crippen molar-refractivity contribution in [2.24, 2.45) is 5.73 Å². The molecule has 0 aliphatic rings. The van der Waals surface area contributed by atoms with E-state index in [1.165, 1.54) is 0 Å². The normalized spacial score (nSPS) is 13.3. The molecule has 0 aliphatic heterocycles. The lowest BCUT2D eigenvalue weighted by atomic mass is 10.1. The maximum Gasteiger partial charge on any atom is 0.312 e. The molecule has 116 valence electrons. The number of halogens is 1. The summed E-state index contributed by atoms with van der Waals surface area (Å²) < 4.78 is 0.954. The van der Waals surface area contributed by atoms with Crippen molar-refractivity contribution in [1.82, 2.24) is 10.6 Å². The Hall–Kier alpha value is -1.21. The van der Waals surface area contributed by atoms with Gasteiger partial charge < -0.3 is 16.4 Å². The molecule has 3 amide bonds. The predicted octanol–water partition coefficient (Wildman–Crippen LogP) is 2.42. The van der Waals surface area contributed by atoms with E-state index in [9.17, 15) is 9.59 Å². The first-order chi connectivity index (χ1) is 9.93. The van der Waals surface area contributed by atoms with Gasteiger partial charge in [-0.3, -0.25) is 4.79 Å². The van der Waals surface area contributed by atoms with Gasteiger partial charge in [0.1, 0.15) is 6.04 Å². The Labute approximate surface area is 137 Å². The number of carbonyl (C=O) groups is 2. The quantitative estimate of drug-likeness (QED) is 0.685. The van der Waals surface area contributed by atoms with Gasteiger partial charge in [0.2, 0.25) is 5.91 Å². The van der Waals surface area contributed by atoms with Crippen LogP contribution in [0.5, 0.6) is 0 Å². The number of benzene rings is 1. The van der Waals surface area contributed by atoms with Crippen molar-refractivity contribution in [3.8, 4) is 0 Å². The molecule has 1 aromatic rings. The average molecular weight is 374 g/mol. The molecule has 0 spiro atoms. The molecule has 0 aliphatic carbocycles. The number of thioether (sulfide) groups is 1. The second-order valence-electron chi connectivity index (χ2n) is 4.63. The molecular formula is C14H20BrN3O2S. The first kappa shape index (κ1) is 17.8. The van der Waals surface area contributed by atoms with E-state index in [0.717, 1.165) is 15.8 Å². The average Bonchev–Trinajstić information content (AvgIpc) is 2.42. The number of carbonyl (C=O) groups excluding carboxylic acids is 2.